The molecular formula is C23H22F3N5O6. The number of H-pyrrole nitrogens is 1. The molecule has 1 aromatic heterocycles. The van der Waals surface area contributed by atoms with E-state index in [1.807, 2.05) is 29.2 Å². The van der Waals surface area contributed by atoms with Gasteiger partial charge in [0, 0.05) is 38.8 Å². The first-order valence-electron chi connectivity index (χ1n) is 10.8. The van der Waals surface area contributed by atoms with E-state index in [1.165, 1.54) is 0 Å². The molecule has 2 heterocycles. The average Bonchev–Trinajstić information content (AvgIpc) is 3.33. The highest BCUT2D eigenvalue weighted by Gasteiger charge is 2.38. The first-order valence-corrected chi connectivity index (χ1v) is 10.8. The molecule has 0 atom stereocenters. The lowest BCUT2D eigenvalue weighted by atomic mass is 10.0. The number of hydrogen-bond donors (Lipinski definition) is 3. The Morgan fingerprint density at radius 3 is 2.14 bits per heavy atom. The standard InChI is InChI=1S/C21H21N5O4.C2HF3O2/c1-14(27)25-9-11-26(12-10-25)17-4-2-3-16(13-17)15-5-7-18(8-6-15)30-20-19(21(28)29)22-24-23-20;3-2(4,5)1(6)7/h2-8,13H,9-12H2,1H3,(H,28,29)(H,22,23,24);(H,6,7). The number of alkyl halides is 3. The van der Waals surface area contributed by atoms with E-state index in [-0.39, 0.29) is 17.5 Å². The van der Waals surface area contributed by atoms with Crippen LogP contribution in [0, 0.1) is 0 Å². The maximum Gasteiger partial charge on any atom is 0.490 e. The largest absolute Gasteiger partial charge is 0.490 e. The lowest BCUT2D eigenvalue weighted by Crippen LogP contribution is -2.48. The fourth-order valence-electron chi connectivity index (χ4n) is 3.42. The van der Waals surface area contributed by atoms with Crippen LogP contribution < -0.4 is 9.64 Å². The number of carboxylic acids is 2. The Hall–Kier alpha value is -4.62. The molecule has 1 fully saturated rings. The first kappa shape index (κ1) is 27.0. The van der Waals surface area contributed by atoms with Crippen molar-refractivity contribution >= 4 is 23.5 Å². The smallest absolute Gasteiger partial charge is 0.476 e. The molecule has 37 heavy (non-hydrogen) atoms. The van der Waals surface area contributed by atoms with E-state index >= 15 is 0 Å². The van der Waals surface area contributed by atoms with E-state index in [4.69, 9.17) is 19.7 Å². The molecule has 4 rings (SSSR count). The fraction of sp³-hybridized carbons (Fsp3) is 0.261. The maximum absolute atomic E-state index is 11.5. The molecule has 11 nitrogen and oxygen atoms in total. The number of piperazine rings is 1. The molecule has 2 aromatic carbocycles. The zero-order valence-electron chi connectivity index (χ0n) is 19.4. The molecule has 3 aromatic rings. The number of halogens is 3. The number of carboxylic acid groups (broad SMARTS) is 2. The van der Waals surface area contributed by atoms with Crippen molar-refractivity contribution < 1.29 is 42.5 Å². The molecule has 0 bridgehead atoms. The van der Waals surface area contributed by atoms with Crippen LogP contribution in [0.1, 0.15) is 17.4 Å². The number of amides is 1. The minimum absolute atomic E-state index is 0.0815. The topological polar surface area (TPSA) is 149 Å². The van der Waals surface area contributed by atoms with Gasteiger partial charge in [-0.15, -0.1) is 0 Å². The van der Waals surface area contributed by atoms with Gasteiger partial charge in [-0.2, -0.15) is 13.2 Å². The third-order valence-corrected chi connectivity index (χ3v) is 5.31. The maximum atomic E-state index is 11.5. The van der Waals surface area contributed by atoms with Crippen molar-refractivity contribution in [3.05, 3.63) is 54.2 Å². The second-order valence-corrected chi connectivity index (χ2v) is 7.77. The molecule has 0 radical (unpaired) electrons. The summed E-state index contributed by atoms with van der Waals surface area (Å²) in [4.78, 5) is 35.7. The van der Waals surface area contributed by atoms with Crippen LogP contribution in [0.3, 0.4) is 0 Å². The number of aromatic amines is 1. The minimum Gasteiger partial charge on any atom is -0.476 e. The van der Waals surface area contributed by atoms with Gasteiger partial charge < -0.3 is 24.7 Å². The highest BCUT2D eigenvalue weighted by molar-refractivity contribution is 5.87. The van der Waals surface area contributed by atoms with Crippen molar-refractivity contribution in [1.82, 2.24) is 20.3 Å². The lowest BCUT2D eigenvalue weighted by Gasteiger charge is -2.35. The molecule has 14 heteroatoms. The monoisotopic (exact) mass is 521 g/mol. The molecule has 1 aliphatic rings. The van der Waals surface area contributed by atoms with Gasteiger partial charge in [0.05, 0.1) is 0 Å². The number of nitrogens with one attached hydrogen (secondary N) is 1. The summed E-state index contributed by atoms with van der Waals surface area (Å²) in [6.45, 7) is 4.67. The Morgan fingerprint density at radius 2 is 1.59 bits per heavy atom. The van der Waals surface area contributed by atoms with Gasteiger partial charge in [0.25, 0.3) is 5.88 Å². The Morgan fingerprint density at radius 1 is 0.973 bits per heavy atom. The Labute approximate surface area is 208 Å². The van der Waals surface area contributed by atoms with Crippen molar-refractivity contribution in [2.45, 2.75) is 13.1 Å². The zero-order valence-corrected chi connectivity index (χ0v) is 19.4. The minimum atomic E-state index is -5.08. The Balaban J connectivity index is 0.000000479. The molecule has 196 valence electrons. The number of aromatic nitrogens is 3. The van der Waals surface area contributed by atoms with Crippen molar-refractivity contribution in [3.8, 4) is 22.8 Å². The van der Waals surface area contributed by atoms with E-state index in [9.17, 15) is 22.8 Å². The van der Waals surface area contributed by atoms with Crippen LogP contribution in [0.2, 0.25) is 0 Å². The fourth-order valence-corrected chi connectivity index (χ4v) is 3.42. The van der Waals surface area contributed by atoms with Gasteiger partial charge in [-0.1, -0.05) is 34.6 Å². The second kappa shape index (κ2) is 11.4. The Bertz CT molecular complexity index is 1250. The van der Waals surface area contributed by atoms with Gasteiger partial charge in [0.15, 0.2) is 0 Å². The molecule has 0 aliphatic carbocycles. The second-order valence-electron chi connectivity index (χ2n) is 7.77. The molecule has 1 saturated heterocycles. The number of carbonyl (C=O) groups is 3. The summed E-state index contributed by atoms with van der Waals surface area (Å²) >= 11 is 0. The van der Waals surface area contributed by atoms with Gasteiger partial charge in [-0.05, 0) is 35.4 Å². The van der Waals surface area contributed by atoms with Crippen LogP contribution in [0.5, 0.6) is 11.6 Å². The normalized spacial score (nSPS) is 13.4. The summed E-state index contributed by atoms with van der Waals surface area (Å²) < 4.78 is 37.3. The number of aliphatic carboxylic acids is 1. The summed E-state index contributed by atoms with van der Waals surface area (Å²) in [6, 6.07) is 15.6. The molecule has 3 N–H and O–H groups in total. The van der Waals surface area contributed by atoms with Crippen LogP contribution >= 0.6 is 0 Å². The van der Waals surface area contributed by atoms with Crippen molar-refractivity contribution in [2.75, 3.05) is 31.1 Å². The third kappa shape index (κ3) is 7.19. The van der Waals surface area contributed by atoms with Crippen LogP contribution in [0.4, 0.5) is 18.9 Å². The SMILES string of the molecule is CC(=O)N1CCN(c2cccc(-c3ccc(Oc4nn[nH]c4C(=O)O)cc3)c2)CC1.O=C(O)C(F)(F)F. The van der Waals surface area contributed by atoms with Crippen LogP contribution in [0.15, 0.2) is 48.5 Å². The number of anilines is 1. The summed E-state index contributed by atoms with van der Waals surface area (Å²) in [5, 5.41) is 25.6. The van der Waals surface area contributed by atoms with E-state index in [0.29, 0.717) is 5.75 Å². The Kier molecular flexibility index (Phi) is 8.32. The van der Waals surface area contributed by atoms with Gasteiger partial charge >= 0.3 is 18.1 Å². The molecule has 1 aliphatic heterocycles. The highest BCUT2D eigenvalue weighted by Crippen LogP contribution is 2.29. The summed E-state index contributed by atoms with van der Waals surface area (Å²) in [7, 11) is 0. The number of aromatic carboxylic acids is 1. The molecule has 0 saturated carbocycles. The van der Waals surface area contributed by atoms with Crippen molar-refractivity contribution in [2.24, 2.45) is 0 Å². The van der Waals surface area contributed by atoms with Crippen LogP contribution in [-0.2, 0) is 9.59 Å². The summed E-state index contributed by atoms with van der Waals surface area (Å²) in [5.74, 6) is -3.44. The van der Waals surface area contributed by atoms with Crippen LogP contribution in [-0.4, -0.2) is 80.7 Å². The quantitative estimate of drug-likeness (QED) is 0.460. The molecule has 0 unspecified atom stereocenters. The number of nitrogens with zero attached hydrogens (tertiary/aromatic N) is 4. The predicted octanol–water partition coefficient (Wildman–Crippen LogP) is 3.26. The molecule has 1 amide bonds. The third-order valence-electron chi connectivity index (χ3n) is 5.31. The number of ether oxygens (including phenoxy) is 1. The van der Waals surface area contributed by atoms with E-state index in [1.54, 1.807) is 19.1 Å². The number of benzene rings is 2. The van der Waals surface area contributed by atoms with Gasteiger partial charge in [-0.25, -0.2) is 14.7 Å². The van der Waals surface area contributed by atoms with E-state index in [2.05, 4.69) is 32.4 Å². The summed E-state index contributed by atoms with van der Waals surface area (Å²) in [5.41, 5.74) is 2.98. The molecule has 0 spiro atoms. The van der Waals surface area contributed by atoms with E-state index < -0.39 is 18.1 Å². The van der Waals surface area contributed by atoms with Crippen LogP contribution in [0.25, 0.3) is 11.1 Å². The number of hydrogen-bond acceptors (Lipinski definition) is 7. The van der Waals surface area contributed by atoms with Crippen molar-refractivity contribution in [1.29, 1.82) is 0 Å². The predicted molar refractivity (Wildman–Crippen MR) is 123 cm³/mol. The highest BCUT2D eigenvalue weighted by atomic mass is 19.4. The molecular weight excluding hydrogens is 499 g/mol. The number of carbonyl (C=O) groups excluding carboxylic acids is 1. The van der Waals surface area contributed by atoms with Gasteiger partial charge in [0.1, 0.15) is 5.75 Å². The lowest BCUT2D eigenvalue weighted by molar-refractivity contribution is -0.192. The number of rotatable bonds is 5. The zero-order chi connectivity index (χ0) is 27.2. The van der Waals surface area contributed by atoms with E-state index in [0.717, 1.165) is 43.0 Å². The first-order chi connectivity index (χ1) is 17.5. The summed E-state index contributed by atoms with van der Waals surface area (Å²) in [6.07, 6.45) is -5.08. The van der Waals surface area contributed by atoms with Gasteiger partial charge in [0.2, 0.25) is 11.6 Å². The van der Waals surface area contributed by atoms with Gasteiger partial charge in [-0.3, -0.25) is 4.79 Å². The van der Waals surface area contributed by atoms with Crippen molar-refractivity contribution in [3.63, 3.8) is 0 Å². The average molecular weight is 521 g/mol.